The first-order valence-electron chi connectivity index (χ1n) is 9.63. The van der Waals surface area contributed by atoms with E-state index in [-0.39, 0.29) is 11.5 Å². The number of carbonyl (C=O) groups is 1. The summed E-state index contributed by atoms with van der Waals surface area (Å²) in [5, 5.41) is 0. The van der Waals surface area contributed by atoms with E-state index in [0.29, 0.717) is 18.1 Å². The summed E-state index contributed by atoms with van der Waals surface area (Å²) in [5.74, 6) is 1.37. The summed E-state index contributed by atoms with van der Waals surface area (Å²) >= 11 is 0. The lowest BCUT2D eigenvalue weighted by molar-refractivity contribution is -0.0648. The van der Waals surface area contributed by atoms with Crippen LogP contribution in [-0.2, 0) is 4.74 Å². The number of nitrogens with zero attached hydrogens (tertiary/aromatic N) is 3. The number of pyridine rings is 2. The maximum atomic E-state index is 12.6. The first-order valence-corrected chi connectivity index (χ1v) is 9.63. The molecule has 2 aromatic heterocycles. The van der Waals surface area contributed by atoms with Gasteiger partial charge in [0, 0.05) is 43.9 Å². The summed E-state index contributed by atoms with van der Waals surface area (Å²) in [6, 6.07) is 7.36. The highest BCUT2D eigenvalue weighted by Gasteiger charge is 2.46. The molecule has 0 saturated carbocycles. The Morgan fingerprint density at radius 3 is 2.74 bits per heavy atom. The number of likely N-dealkylation sites (tertiary alicyclic amines) is 1. The van der Waals surface area contributed by atoms with Gasteiger partial charge in [-0.15, -0.1) is 0 Å². The molecule has 2 saturated heterocycles. The molecule has 2 aromatic rings. The van der Waals surface area contributed by atoms with Crippen molar-refractivity contribution in [1.29, 1.82) is 0 Å². The van der Waals surface area contributed by atoms with E-state index in [1.165, 1.54) is 0 Å². The van der Waals surface area contributed by atoms with Gasteiger partial charge in [0.1, 0.15) is 5.75 Å². The van der Waals surface area contributed by atoms with E-state index >= 15 is 0 Å². The van der Waals surface area contributed by atoms with Gasteiger partial charge in [0.2, 0.25) is 0 Å². The maximum absolute atomic E-state index is 12.6. The highest BCUT2D eigenvalue weighted by molar-refractivity contribution is 5.94. The molecule has 1 atom stereocenters. The molecule has 2 aliphatic rings. The highest BCUT2D eigenvalue weighted by atomic mass is 16.5. The van der Waals surface area contributed by atoms with E-state index in [1.807, 2.05) is 17.0 Å². The smallest absolute Gasteiger partial charge is 0.253 e. The van der Waals surface area contributed by atoms with Gasteiger partial charge in [-0.05, 0) is 55.9 Å². The molecule has 2 fully saturated rings. The van der Waals surface area contributed by atoms with Crippen LogP contribution in [0, 0.1) is 5.92 Å². The van der Waals surface area contributed by atoms with Crippen LogP contribution in [0.15, 0.2) is 49.1 Å². The Labute approximate surface area is 159 Å². The number of aromatic nitrogens is 2. The lowest BCUT2D eigenvalue weighted by Crippen LogP contribution is -2.49. The summed E-state index contributed by atoms with van der Waals surface area (Å²) in [4.78, 5) is 22.6. The van der Waals surface area contributed by atoms with Crippen molar-refractivity contribution in [2.75, 3.05) is 26.3 Å². The third-order valence-corrected chi connectivity index (χ3v) is 5.79. The molecule has 6 nitrogen and oxygen atoms in total. The van der Waals surface area contributed by atoms with Crippen molar-refractivity contribution >= 4 is 5.91 Å². The van der Waals surface area contributed by atoms with Gasteiger partial charge in [-0.1, -0.05) is 0 Å². The van der Waals surface area contributed by atoms with Crippen molar-refractivity contribution in [3.05, 3.63) is 54.6 Å². The van der Waals surface area contributed by atoms with E-state index in [4.69, 9.17) is 9.47 Å². The zero-order valence-corrected chi connectivity index (χ0v) is 15.4. The number of hydrogen-bond acceptors (Lipinski definition) is 5. The standard InChI is InChI=1S/C21H25N3O3/c25-20(17-3-10-22-11-4-17)24-12-7-21(8-13-24)18(6-15-27-21)5-14-26-19-2-1-9-23-16-19/h1-4,9-11,16,18H,5-8,12-15H2. The zero-order chi connectivity index (χ0) is 18.5. The molecule has 0 bridgehead atoms. The van der Waals surface area contributed by atoms with Crippen LogP contribution in [0.2, 0.25) is 0 Å². The van der Waals surface area contributed by atoms with E-state index in [0.717, 1.165) is 51.1 Å². The minimum Gasteiger partial charge on any atom is -0.492 e. The summed E-state index contributed by atoms with van der Waals surface area (Å²) in [7, 11) is 0. The van der Waals surface area contributed by atoms with Crippen LogP contribution in [0.1, 0.15) is 36.0 Å². The molecule has 27 heavy (non-hydrogen) atoms. The highest BCUT2D eigenvalue weighted by Crippen LogP contribution is 2.42. The second kappa shape index (κ2) is 8.05. The monoisotopic (exact) mass is 367 g/mol. The van der Waals surface area contributed by atoms with Crippen LogP contribution in [0.3, 0.4) is 0 Å². The summed E-state index contributed by atoms with van der Waals surface area (Å²) < 4.78 is 12.0. The number of carbonyl (C=O) groups excluding carboxylic acids is 1. The minimum atomic E-state index is -0.104. The Kier molecular flexibility index (Phi) is 5.34. The predicted octanol–water partition coefficient (Wildman–Crippen LogP) is 2.96. The molecular weight excluding hydrogens is 342 g/mol. The van der Waals surface area contributed by atoms with Crippen molar-refractivity contribution in [2.45, 2.75) is 31.3 Å². The molecule has 0 aromatic carbocycles. The van der Waals surface area contributed by atoms with Crippen molar-refractivity contribution in [3.63, 3.8) is 0 Å². The third-order valence-electron chi connectivity index (χ3n) is 5.79. The average molecular weight is 367 g/mol. The van der Waals surface area contributed by atoms with Gasteiger partial charge in [0.15, 0.2) is 0 Å². The topological polar surface area (TPSA) is 64.6 Å². The molecule has 1 amide bonds. The normalized spacial score (nSPS) is 21.3. The number of ether oxygens (including phenoxy) is 2. The van der Waals surface area contributed by atoms with Gasteiger partial charge in [0.05, 0.1) is 18.4 Å². The van der Waals surface area contributed by atoms with Crippen LogP contribution in [-0.4, -0.2) is 52.7 Å². The first-order chi connectivity index (χ1) is 13.3. The van der Waals surface area contributed by atoms with Gasteiger partial charge >= 0.3 is 0 Å². The molecule has 6 heteroatoms. The van der Waals surface area contributed by atoms with Gasteiger partial charge in [-0.25, -0.2) is 0 Å². The summed E-state index contributed by atoms with van der Waals surface area (Å²) in [5.41, 5.74) is 0.600. The van der Waals surface area contributed by atoms with Gasteiger partial charge in [-0.3, -0.25) is 14.8 Å². The van der Waals surface area contributed by atoms with Gasteiger partial charge in [-0.2, -0.15) is 0 Å². The van der Waals surface area contributed by atoms with Gasteiger partial charge in [0.25, 0.3) is 5.91 Å². The van der Waals surface area contributed by atoms with Crippen LogP contribution in [0.4, 0.5) is 0 Å². The Bertz CT molecular complexity index is 746. The quantitative estimate of drug-likeness (QED) is 0.813. The van der Waals surface area contributed by atoms with Crippen molar-refractivity contribution in [2.24, 2.45) is 5.92 Å². The molecular formula is C21H25N3O3. The lowest BCUT2D eigenvalue weighted by atomic mass is 9.78. The number of piperidine rings is 1. The molecule has 0 N–H and O–H groups in total. The van der Waals surface area contributed by atoms with Gasteiger partial charge < -0.3 is 14.4 Å². The fourth-order valence-electron chi connectivity index (χ4n) is 4.26. The van der Waals surface area contributed by atoms with Crippen molar-refractivity contribution < 1.29 is 14.3 Å². The number of rotatable bonds is 5. The maximum Gasteiger partial charge on any atom is 0.253 e. The Hall–Kier alpha value is -2.47. The Morgan fingerprint density at radius 1 is 1.19 bits per heavy atom. The van der Waals surface area contributed by atoms with Crippen LogP contribution in [0.5, 0.6) is 5.75 Å². The van der Waals surface area contributed by atoms with Crippen molar-refractivity contribution in [1.82, 2.24) is 14.9 Å². The van der Waals surface area contributed by atoms with Crippen LogP contribution < -0.4 is 4.74 Å². The SMILES string of the molecule is O=C(c1ccncc1)N1CCC2(CC1)OCCC2CCOc1cccnc1. The minimum absolute atomic E-state index is 0.0849. The predicted molar refractivity (Wildman–Crippen MR) is 101 cm³/mol. The number of amides is 1. The first kappa shape index (κ1) is 17.9. The van der Waals surface area contributed by atoms with E-state index in [2.05, 4.69) is 9.97 Å². The fourth-order valence-corrected chi connectivity index (χ4v) is 4.26. The molecule has 4 rings (SSSR count). The second-order valence-corrected chi connectivity index (χ2v) is 7.25. The second-order valence-electron chi connectivity index (χ2n) is 7.25. The molecule has 2 aliphatic heterocycles. The molecule has 4 heterocycles. The number of hydrogen-bond donors (Lipinski definition) is 0. The molecule has 0 aliphatic carbocycles. The van der Waals surface area contributed by atoms with Crippen molar-refractivity contribution in [3.8, 4) is 5.75 Å². The van der Waals surface area contributed by atoms with E-state index < -0.39 is 0 Å². The summed E-state index contributed by atoms with van der Waals surface area (Å²) in [6.07, 6.45) is 10.6. The van der Waals surface area contributed by atoms with E-state index in [1.54, 1.807) is 36.9 Å². The largest absolute Gasteiger partial charge is 0.492 e. The summed E-state index contributed by atoms with van der Waals surface area (Å²) in [6.45, 7) is 2.94. The zero-order valence-electron chi connectivity index (χ0n) is 15.4. The third kappa shape index (κ3) is 3.95. The molecule has 142 valence electrons. The Morgan fingerprint density at radius 2 is 2.00 bits per heavy atom. The molecule has 1 unspecified atom stereocenters. The van der Waals surface area contributed by atoms with Crippen LogP contribution in [0.25, 0.3) is 0 Å². The lowest BCUT2D eigenvalue weighted by Gasteiger charge is -2.42. The Balaban J connectivity index is 1.31. The fraction of sp³-hybridized carbons (Fsp3) is 0.476. The molecule has 0 radical (unpaired) electrons. The average Bonchev–Trinajstić information content (AvgIpc) is 3.11. The van der Waals surface area contributed by atoms with E-state index in [9.17, 15) is 4.79 Å². The van der Waals surface area contributed by atoms with Crippen LogP contribution >= 0.6 is 0 Å². The molecule has 1 spiro atoms.